The maximum Gasteiger partial charge on any atom is 0.263 e. The minimum Gasteiger partial charge on any atom is -0.480 e. The maximum absolute atomic E-state index is 12.7. The van der Waals surface area contributed by atoms with Crippen LogP contribution in [-0.2, 0) is 11.2 Å². The van der Waals surface area contributed by atoms with Crippen LogP contribution in [0.2, 0.25) is 0 Å². The molecule has 1 unspecified atom stereocenters. The number of nitrogens with one attached hydrogen (secondary N) is 1. The van der Waals surface area contributed by atoms with E-state index in [0.717, 1.165) is 50.6 Å². The Labute approximate surface area is 139 Å². The number of benzene rings is 1. The van der Waals surface area contributed by atoms with Crippen molar-refractivity contribution in [2.45, 2.75) is 45.6 Å². The van der Waals surface area contributed by atoms with E-state index in [2.05, 4.69) is 31.3 Å². The number of amides is 1. The molecule has 1 amide bonds. The predicted molar refractivity (Wildman–Crippen MR) is 91.9 cm³/mol. The first kappa shape index (κ1) is 16.3. The maximum atomic E-state index is 12.7. The van der Waals surface area contributed by atoms with Gasteiger partial charge in [-0.15, -0.1) is 0 Å². The number of fused-ring (bicyclic) bond motifs is 1. The van der Waals surface area contributed by atoms with Crippen molar-refractivity contribution >= 4 is 5.91 Å². The summed E-state index contributed by atoms with van der Waals surface area (Å²) in [6.07, 6.45) is 3.84. The van der Waals surface area contributed by atoms with Gasteiger partial charge in [0.1, 0.15) is 5.75 Å². The second-order valence-corrected chi connectivity index (χ2v) is 7.02. The standard InChI is InChI=1S/C19H28N2O2/c1-13-10-16-12-18(23-17(16)11-14(13)2)19(22)21-8-5-15(6-9-21)4-7-20-3/h10-11,15,18,20H,4-9,12H2,1-3H3. The van der Waals surface area contributed by atoms with Crippen molar-refractivity contribution < 1.29 is 9.53 Å². The van der Waals surface area contributed by atoms with Gasteiger partial charge in [-0.05, 0) is 75.4 Å². The second-order valence-electron chi connectivity index (χ2n) is 7.02. The van der Waals surface area contributed by atoms with E-state index < -0.39 is 0 Å². The highest BCUT2D eigenvalue weighted by Gasteiger charge is 2.34. The normalized spacial score (nSPS) is 21.2. The molecule has 126 valence electrons. The monoisotopic (exact) mass is 316 g/mol. The number of hydrogen-bond acceptors (Lipinski definition) is 3. The van der Waals surface area contributed by atoms with Crippen molar-refractivity contribution in [2.24, 2.45) is 5.92 Å². The van der Waals surface area contributed by atoms with Gasteiger partial charge in [0.15, 0.2) is 6.10 Å². The summed E-state index contributed by atoms with van der Waals surface area (Å²) in [5, 5.41) is 3.21. The van der Waals surface area contributed by atoms with Gasteiger partial charge in [-0.1, -0.05) is 6.07 Å². The van der Waals surface area contributed by atoms with E-state index in [9.17, 15) is 4.79 Å². The average Bonchev–Trinajstić information content (AvgIpc) is 2.96. The lowest BCUT2D eigenvalue weighted by atomic mass is 9.93. The quantitative estimate of drug-likeness (QED) is 0.928. The summed E-state index contributed by atoms with van der Waals surface area (Å²) in [4.78, 5) is 14.8. The third-order valence-corrected chi connectivity index (χ3v) is 5.36. The molecule has 1 aromatic carbocycles. The number of aryl methyl sites for hydroxylation is 2. The van der Waals surface area contributed by atoms with E-state index in [1.54, 1.807) is 0 Å². The summed E-state index contributed by atoms with van der Waals surface area (Å²) in [6, 6.07) is 4.24. The van der Waals surface area contributed by atoms with Crippen LogP contribution < -0.4 is 10.1 Å². The van der Waals surface area contributed by atoms with E-state index >= 15 is 0 Å². The number of nitrogens with zero attached hydrogens (tertiary/aromatic N) is 1. The second kappa shape index (κ2) is 6.91. The molecule has 1 atom stereocenters. The van der Waals surface area contributed by atoms with Crippen LogP contribution in [0.15, 0.2) is 12.1 Å². The summed E-state index contributed by atoms with van der Waals surface area (Å²) < 4.78 is 5.95. The lowest BCUT2D eigenvalue weighted by Gasteiger charge is -2.33. The van der Waals surface area contributed by atoms with Crippen LogP contribution in [-0.4, -0.2) is 43.6 Å². The topological polar surface area (TPSA) is 41.6 Å². The summed E-state index contributed by atoms with van der Waals surface area (Å²) in [5.74, 6) is 1.82. The summed E-state index contributed by atoms with van der Waals surface area (Å²) in [6.45, 7) is 7.02. The molecular formula is C19H28N2O2. The van der Waals surface area contributed by atoms with Gasteiger partial charge >= 0.3 is 0 Å². The van der Waals surface area contributed by atoms with Crippen molar-refractivity contribution in [2.75, 3.05) is 26.7 Å². The minimum absolute atomic E-state index is 0.170. The molecule has 0 bridgehead atoms. The van der Waals surface area contributed by atoms with Crippen molar-refractivity contribution in [3.63, 3.8) is 0 Å². The Hall–Kier alpha value is -1.55. The van der Waals surface area contributed by atoms with Crippen LogP contribution in [0.25, 0.3) is 0 Å². The molecule has 0 aliphatic carbocycles. The molecular weight excluding hydrogens is 288 g/mol. The van der Waals surface area contributed by atoms with Gasteiger partial charge in [-0.25, -0.2) is 0 Å². The fourth-order valence-corrected chi connectivity index (χ4v) is 3.65. The van der Waals surface area contributed by atoms with Crippen LogP contribution in [0.1, 0.15) is 36.0 Å². The lowest BCUT2D eigenvalue weighted by Crippen LogP contribution is -2.45. The molecule has 2 aliphatic rings. The van der Waals surface area contributed by atoms with Crippen LogP contribution in [0, 0.1) is 19.8 Å². The molecule has 1 N–H and O–H groups in total. The van der Waals surface area contributed by atoms with Crippen molar-refractivity contribution in [1.82, 2.24) is 10.2 Å². The number of rotatable bonds is 4. The predicted octanol–water partition coefficient (Wildman–Crippen LogP) is 2.46. The number of carbonyl (C=O) groups excluding carboxylic acids is 1. The first-order valence-electron chi connectivity index (χ1n) is 8.78. The molecule has 0 spiro atoms. The van der Waals surface area contributed by atoms with E-state index in [1.807, 2.05) is 11.9 Å². The molecule has 23 heavy (non-hydrogen) atoms. The molecule has 0 aromatic heterocycles. The number of piperidine rings is 1. The molecule has 0 saturated carbocycles. The van der Waals surface area contributed by atoms with Crippen LogP contribution >= 0.6 is 0 Å². The van der Waals surface area contributed by atoms with Gasteiger partial charge in [-0.3, -0.25) is 4.79 Å². The fraction of sp³-hybridized carbons (Fsp3) is 0.632. The molecule has 4 nitrogen and oxygen atoms in total. The van der Waals surface area contributed by atoms with Gasteiger partial charge in [0.2, 0.25) is 0 Å². The molecule has 4 heteroatoms. The van der Waals surface area contributed by atoms with Crippen LogP contribution in [0.5, 0.6) is 5.75 Å². The van der Waals surface area contributed by atoms with Crippen LogP contribution in [0.4, 0.5) is 0 Å². The van der Waals surface area contributed by atoms with Gasteiger partial charge in [0.05, 0.1) is 0 Å². The Morgan fingerprint density at radius 1 is 1.26 bits per heavy atom. The molecule has 3 rings (SSSR count). The average molecular weight is 316 g/mol. The fourth-order valence-electron chi connectivity index (χ4n) is 3.65. The first-order chi connectivity index (χ1) is 11.1. The summed E-state index contributed by atoms with van der Waals surface area (Å²) in [7, 11) is 2.00. The highest BCUT2D eigenvalue weighted by molar-refractivity contribution is 5.82. The third kappa shape index (κ3) is 3.52. The number of likely N-dealkylation sites (tertiary alicyclic amines) is 1. The number of hydrogen-bond donors (Lipinski definition) is 1. The van der Waals surface area contributed by atoms with E-state index in [-0.39, 0.29) is 12.0 Å². The van der Waals surface area contributed by atoms with Gasteiger partial charge < -0.3 is 15.0 Å². The smallest absolute Gasteiger partial charge is 0.263 e. The van der Waals surface area contributed by atoms with E-state index in [4.69, 9.17) is 4.74 Å². The van der Waals surface area contributed by atoms with Crippen molar-refractivity contribution in [3.8, 4) is 5.75 Å². The number of ether oxygens (including phenoxy) is 1. The van der Waals surface area contributed by atoms with Crippen molar-refractivity contribution in [1.29, 1.82) is 0 Å². The Bertz CT molecular complexity index is 546. The molecule has 2 heterocycles. The van der Waals surface area contributed by atoms with E-state index in [0.29, 0.717) is 0 Å². The Morgan fingerprint density at radius 3 is 2.65 bits per heavy atom. The zero-order valence-electron chi connectivity index (χ0n) is 14.5. The largest absolute Gasteiger partial charge is 0.480 e. The minimum atomic E-state index is -0.319. The Balaban J connectivity index is 1.56. The molecule has 1 saturated heterocycles. The molecule has 2 aliphatic heterocycles. The zero-order valence-corrected chi connectivity index (χ0v) is 14.5. The molecule has 1 aromatic rings. The van der Waals surface area contributed by atoms with Gasteiger partial charge in [0.25, 0.3) is 5.91 Å². The van der Waals surface area contributed by atoms with Crippen LogP contribution in [0.3, 0.4) is 0 Å². The van der Waals surface area contributed by atoms with Gasteiger partial charge in [-0.2, -0.15) is 0 Å². The lowest BCUT2D eigenvalue weighted by molar-refractivity contribution is -0.139. The van der Waals surface area contributed by atoms with E-state index in [1.165, 1.54) is 23.1 Å². The zero-order chi connectivity index (χ0) is 16.4. The van der Waals surface area contributed by atoms with Gasteiger partial charge in [0, 0.05) is 19.5 Å². The Kier molecular flexibility index (Phi) is 4.90. The summed E-state index contributed by atoms with van der Waals surface area (Å²) in [5.41, 5.74) is 3.67. The van der Waals surface area contributed by atoms with Crippen molar-refractivity contribution in [3.05, 3.63) is 28.8 Å². The highest BCUT2D eigenvalue weighted by atomic mass is 16.5. The first-order valence-corrected chi connectivity index (χ1v) is 8.78. The number of carbonyl (C=O) groups is 1. The SMILES string of the molecule is CNCCC1CCN(C(=O)C2Cc3cc(C)c(C)cc3O2)CC1. The Morgan fingerprint density at radius 2 is 1.96 bits per heavy atom. The molecule has 0 radical (unpaired) electrons. The molecule has 1 fully saturated rings. The third-order valence-electron chi connectivity index (χ3n) is 5.36. The highest BCUT2D eigenvalue weighted by Crippen LogP contribution is 2.32. The summed E-state index contributed by atoms with van der Waals surface area (Å²) >= 11 is 0.